The fourth-order valence-electron chi connectivity index (χ4n) is 1.89. The predicted molar refractivity (Wildman–Crippen MR) is 77.9 cm³/mol. The van der Waals surface area contributed by atoms with Crippen molar-refractivity contribution in [1.82, 2.24) is 4.98 Å². The molecule has 8 nitrogen and oxygen atoms in total. The van der Waals surface area contributed by atoms with Crippen molar-refractivity contribution in [2.45, 2.75) is 0 Å². The van der Waals surface area contributed by atoms with E-state index in [1.165, 1.54) is 42.5 Å². The number of aromatic nitrogens is 1. The molecule has 0 radical (unpaired) electrons. The summed E-state index contributed by atoms with van der Waals surface area (Å²) in [6.07, 6.45) is 3.07. The molecule has 0 saturated heterocycles. The van der Waals surface area contributed by atoms with Gasteiger partial charge in [0.1, 0.15) is 11.3 Å². The molecule has 0 aliphatic rings. The lowest BCUT2D eigenvalue weighted by Crippen LogP contribution is -2.27. The molecule has 21 heavy (non-hydrogen) atoms. The topological polar surface area (TPSA) is 114 Å². The summed E-state index contributed by atoms with van der Waals surface area (Å²) >= 11 is 0. The van der Waals surface area contributed by atoms with Crippen LogP contribution in [0, 0.1) is 10.1 Å². The molecule has 1 heterocycles. The first-order valence-corrected chi connectivity index (χ1v) is 5.98. The second-order valence-electron chi connectivity index (χ2n) is 4.17. The van der Waals surface area contributed by atoms with Crippen LogP contribution in [0.25, 0.3) is 0 Å². The number of nitro benzene ring substituents is 1. The van der Waals surface area contributed by atoms with Crippen LogP contribution in [0.1, 0.15) is 10.4 Å². The van der Waals surface area contributed by atoms with E-state index in [-0.39, 0.29) is 16.9 Å². The minimum Gasteiger partial charge on any atom is -0.318 e. The number of carbonyl (C=O) groups excluding carboxylic acids is 1. The van der Waals surface area contributed by atoms with Crippen molar-refractivity contribution in [1.29, 1.82) is 0 Å². The molecule has 0 fully saturated rings. The van der Waals surface area contributed by atoms with Gasteiger partial charge in [0.05, 0.1) is 4.92 Å². The molecule has 8 heteroatoms. The zero-order valence-corrected chi connectivity index (χ0v) is 11.2. The molecule has 3 N–H and O–H groups in total. The Morgan fingerprint density at radius 3 is 2.57 bits per heavy atom. The predicted octanol–water partition coefficient (Wildman–Crippen LogP) is 1.55. The van der Waals surface area contributed by atoms with Crippen LogP contribution in [-0.2, 0) is 0 Å². The molecule has 2 aromatic rings. The van der Waals surface area contributed by atoms with Gasteiger partial charge in [0.2, 0.25) is 0 Å². The van der Waals surface area contributed by atoms with Crippen LogP contribution < -0.4 is 16.2 Å². The number of rotatable bonds is 4. The average Bonchev–Trinajstić information content (AvgIpc) is 2.53. The molecule has 0 atom stereocenters. The van der Waals surface area contributed by atoms with Crippen molar-refractivity contribution in [3.63, 3.8) is 0 Å². The molecular weight excluding hydrogens is 274 g/mol. The fourth-order valence-corrected chi connectivity index (χ4v) is 1.89. The number of hydrazine groups is 1. The van der Waals surface area contributed by atoms with E-state index in [9.17, 15) is 14.9 Å². The monoisotopic (exact) mass is 287 g/mol. The summed E-state index contributed by atoms with van der Waals surface area (Å²) in [6.45, 7) is 0. The van der Waals surface area contributed by atoms with Crippen LogP contribution in [0.2, 0.25) is 0 Å². The van der Waals surface area contributed by atoms with E-state index in [0.29, 0.717) is 5.69 Å². The standard InChI is InChI=1S/C13H13N5O3/c1-17(9-5-7-15-8-6-9)13(19)10-3-2-4-11(16-14)12(10)18(20)21/h2-8,16H,14H2,1H3. The maximum Gasteiger partial charge on any atom is 0.306 e. The molecule has 0 spiro atoms. The van der Waals surface area contributed by atoms with Gasteiger partial charge in [0.25, 0.3) is 5.91 Å². The highest BCUT2D eigenvalue weighted by atomic mass is 16.6. The van der Waals surface area contributed by atoms with Crippen LogP contribution in [0.5, 0.6) is 0 Å². The van der Waals surface area contributed by atoms with Gasteiger partial charge >= 0.3 is 5.69 Å². The summed E-state index contributed by atoms with van der Waals surface area (Å²) in [5.41, 5.74) is 2.48. The largest absolute Gasteiger partial charge is 0.318 e. The quantitative estimate of drug-likeness (QED) is 0.501. The van der Waals surface area contributed by atoms with Gasteiger partial charge in [-0.25, -0.2) is 0 Å². The van der Waals surface area contributed by atoms with Crippen molar-refractivity contribution < 1.29 is 9.72 Å². The number of nitrogens with one attached hydrogen (secondary N) is 1. The molecule has 1 amide bonds. The number of amides is 1. The van der Waals surface area contributed by atoms with Crippen molar-refractivity contribution in [3.05, 3.63) is 58.4 Å². The zero-order valence-electron chi connectivity index (χ0n) is 11.2. The highest BCUT2D eigenvalue weighted by Crippen LogP contribution is 2.29. The first-order valence-electron chi connectivity index (χ1n) is 5.98. The Kier molecular flexibility index (Phi) is 4.10. The molecule has 0 saturated carbocycles. The first kappa shape index (κ1) is 14.4. The molecule has 0 unspecified atom stereocenters. The minimum absolute atomic E-state index is 0.0465. The van der Waals surface area contributed by atoms with Gasteiger partial charge in [-0.2, -0.15) is 0 Å². The van der Waals surface area contributed by atoms with Gasteiger partial charge in [-0.3, -0.25) is 25.7 Å². The van der Waals surface area contributed by atoms with Gasteiger partial charge in [0, 0.05) is 25.1 Å². The van der Waals surface area contributed by atoms with Gasteiger partial charge in [-0.1, -0.05) is 6.07 Å². The number of para-hydroxylation sites is 1. The van der Waals surface area contributed by atoms with Gasteiger partial charge in [0.15, 0.2) is 0 Å². The van der Waals surface area contributed by atoms with E-state index in [0.717, 1.165) is 0 Å². The van der Waals surface area contributed by atoms with Crippen LogP contribution in [0.3, 0.4) is 0 Å². The van der Waals surface area contributed by atoms with Crippen LogP contribution in [0.4, 0.5) is 17.1 Å². The average molecular weight is 287 g/mol. The summed E-state index contributed by atoms with van der Waals surface area (Å²) < 4.78 is 0. The third-order valence-electron chi connectivity index (χ3n) is 2.96. The van der Waals surface area contributed by atoms with E-state index >= 15 is 0 Å². The number of nitro groups is 1. The summed E-state index contributed by atoms with van der Waals surface area (Å²) in [7, 11) is 1.53. The molecule has 0 bridgehead atoms. The van der Waals surface area contributed by atoms with E-state index in [2.05, 4.69) is 10.4 Å². The number of hydrogen-bond donors (Lipinski definition) is 2. The van der Waals surface area contributed by atoms with Crippen molar-refractivity contribution in [2.75, 3.05) is 17.4 Å². The Bertz CT molecular complexity index is 675. The van der Waals surface area contributed by atoms with E-state index < -0.39 is 10.8 Å². The zero-order chi connectivity index (χ0) is 15.4. The first-order chi connectivity index (χ1) is 10.1. The summed E-state index contributed by atoms with van der Waals surface area (Å²) in [6, 6.07) is 7.61. The smallest absolute Gasteiger partial charge is 0.306 e. The fraction of sp³-hybridized carbons (Fsp3) is 0.0769. The van der Waals surface area contributed by atoms with Gasteiger partial charge < -0.3 is 10.3 Å². The number of hydrogen-bond acceptors (Lipinski definition) is 6. The highest BCUT2D eigenvalue weighted by molar-refractivity contribution is 6.09. The van der Waals surface area contributed by atoms with Crippen molar-refractivity contribution in [3.8, 4) is 0 Å². The Hall–Kier alpha value is -3.00. The second kappa shape index (κ2) is 5.97. The lowest BCUT2D eigenvalue weighted by atomic mass is 10.1. The van der Waals surface area contributed by atoms with Gasteiger partial charge in [-0.05, 0) is 24.3 Å². The molecule has 0 aliphatic heterocycles. The number of nitrogen functional groups attached to an aromatic ring is 1. The van der Waals surface area contributed by atoms with Crippen LogP contribution in [-0.4, -0.2) is 22.9 Å². The normalized spacial score (nSPS) is 10.0. The number of pyridine rings is 1. The Labute approximate surface area is 120 Å². The lowest BCUT2D eigenvalue weighted by molar-refractivity contribution is -0.384. The SMILES string of the molecule is CN(C(=O)c1cccc(NN)c1[N+](=O)[O-])c1ccncc1. The number of nitrogens with two attached hydrogens (primary N) is 1. The lowest BCUT2D eigenvalue weighted by Gasteiger charge is -2.17. The molecule has 108 valence electrons. The van der Waals surface area contributed by atoms with Gasteiger partial charge in [-0.15, -0.1) is 0 Å². The maximum absolute atomic E-state index is 12.5. The molecular formula is C13H13N5O3. The minimum atomic E-state index is -0.636. The Balaban J connectivity index is 2.47. The molecule has 1 aromatic carbocycles. The van der Waals surface area contributed by atoms with Crippen molar-refractivity contribution >= 4 is 23.0 Å². The molecule has 2 rings (SSSR count). The van der Waals surface area contributed by atoms with Crippen molar-refractivity contribution in [2.24, 2.45) is 5.84 Å². The highest BCUT2D eigenvalue weighted by Gasteiger charge is 2.26. The summed E-state index contributed by atoms with van der Waals surface area (Å²) in [4.78, 5) is 28.2. The number of carbonyl (C=O) groups is 1. The summed E-state index contributed by atoms with van der Waals surface area (Å²) in [5.74, 6) is 4.75. The van der Waals surface area contributed by atoms with Crippen LogP contribution in [0.15, 0.2) is 42.7 Å². The second-order valence-corrected chi connectivity index (χ2v) is 4.17. The third kappa shape index (κ3) is 2.79. The number of anilines is 2. The third-order valence-corrected chi connectivity index (χ3v) is 2.96. The number of nitrogens with zero attached hydrogens (tertiary/aromatic N) is 3. The number of benzene rings is 1. The van der Waals surface area contributed by atoms with Crippen LogP contribution >= 0.6 is 0 Å². The van der Waals surface area contributed by atoms with E-state index in [1.54, 1.807) is 12.1 Å². The Morgan fingerprint density at radius 1 is 1.33 bits per heavy atom. The molecule has 1 aromatic heterocycles. The maximum atomic E-state index is 12.5. The van der Waals surface area contributed by atoms with E-state index in [4.69, 9.17) is 5.84 Å². The summed E-state index contributed by atoms with van der Waals surface area (Å²) in [5, 5.41) is 11.2. The Morgan fingerprint density at radius 2 is 2.00 bits per heavy atom. The molecule has 0 aliphatic carbocycles. The van der Waals surface area contributed by atoms with E-state index in [1.807, 2.05) is 0 Å².